The van der Waals surface area contributed by atoms with E-state index in [2.05, 4.69) is 56.4 Å². The zero-order valence-electron chi connectivity index (χ0n) is 19.4. The summed E-state index contributed by atoms with van der Waals surface area (Å²) in [6.45, 7) is 7.70. The van der Waals surface area contributed by atoms with Crippen molar-refractivity contribution in [2.75, 3.05) is 19.7 Å². The first kappa shape index (κ1) is 22.4. The molecule has 170 valence electrons. The predicted octanol–water partition coefficient (Wildman–Crippen LogP) is 4.42. The molecular formula is C27H34N2O3. The Labute approximate surface area is 191 Å². The van der Waals surface area contributed by atoms with Crippen molar-refractivity contribution in [3.05, 3.63) is 64.7 Å². The molecule has 1 N–H and O–H groups in total. The van der Waals surface area contributed by atoms with Gasteiger partial charge in [0, 0.05) is 19.5 Å². The van der Waals surface area contributed by atoms with Crippen molar-refractivity contribution in [2.45, 2.75) is 52.5 Å². The van der Waals surface area contributed by atoms with Gasteiger partial charge in [-0.05, 0) is 66.8 Å². The van der Waals surface area contributed by atoms with Crippen molar-refractivity contribution in [1.82, 2.24) is 10.2 Å². The molecule has 1 unspecified atom stereocenters. The standard InChI is InChI=1S/C27H34N2O3/c1-18(2)14-26(31)29-13-12-21-10-11-23(32-17-25(30)28-16-20-6-7-20)15-24(21)27(29)22-8-4-19(3)5-9-22/h4-5,8-11,15,18,20,27H,6-7,12-14,16-17H2,1-3H3,(H,28,30). The van der Waals surface area contributed by atoms with E-state index in [0.29, 0.717) is 30.6 Å². The van der Waals surface area contributed by atoms with Gasteiger partial charge < -0.3 is 15.0 Å². The molecule has 5 nitrogen and oxygen atoms in total. The molecule has 2 aromatic rings. The highest BCUT2D eigenvalue weighted by Crippen LogP contribution is 2.38. The fourth-order valence-corrected chi connectivity index (χ4v) is 4.31. The number of hydrogen-bond donors (Lipinski definition) is 1. The monoisotopic (exact) mass is 434 g/mol. The van der Waals surface area contributed by atoms with Gasteiger partial charge in [-0.25, -0.2) is 0 Å². The lowest BCUT2D eigenvalue weighted by Crippen LogP contribution is -2.41. The van der Waals surface area contributed by atoms with Crippen molar-refractivity contribution in [2.24, 2.45) is 11.8 Å². The van der Waals surface area contributed by atoms with Crippen LogP contribution in [0.4, 0.5) is 0 Å². The van der Waals surface area contributed by atoms with Gasteiger partial charge in [-0.15, -0.1) is 0 Å². The molecule has 0 saturated heterocycles. The third-order valence-corrected chi connectivity index (χ3v) is 6.30. The van der Waals surface area contributed by atoms with E-state index in [-0.39, 0.29) is 24.5 Å². The molecule has 2 amide bonds. The van der Waals surface area contributed by atoms with Gasteiger partial charge in [0.1, 0.15) is 5.75 Å². The molecule has 4 rings (SSSR count). The Morgan fingerprint density at radius 2 is 1.88 bits per heavy atom. The summed E-state index contributed by atoms with van der Waals surface area (Å²) < 4.78 is 5.83. The fraction of sp³-hybridized carbons (Fsp3) is 0.481. The fourth-order valence-electron chi connectivity index (χ4n) is 4.31. The maximum Gasteiger partial charge on any atom is 0.257 e. The summed E-state index contributed by atoms with van der Waals surface area (Å²) in [6.07, 6.45) is 3.77. The van der Waals surface area contributed by atoms with Crippen LogP contribution in [0.5, 0.6) is 5.75 Å². The number of nitrogens with one attached hydrogen (secondary N) is 1. The van der Waals surface area contributed by atoms with E-state index in [9.17, 15) is 9.59 Å². The van der Waals surface area contributed by atoms with E-state index < -0.39 is 0 Å². The van der Waals surface area contributed by atoms with Gasteiger partial charge in [-0.2, -0.15) is 0 Å². The van der Waals surface area contributed by atoms with Crippen LogP contribution < -0.4 is 10.1 Å². The number of rotatable bonds is 8. The number of amides is 2. The largest absolute Gasteiger partial charge is 0.484 e. The van der Waals surface area contributed by atoms with Gasteiger partial charge in [0.05, 0.1) is 6.04 Å². The zero-order chi connectivity index (χ0) is 22.7. The SMILES string of the molecule is Cc1ccc(C2c3cc(OCC(=O)NCC4CC4)ccc3CCN2C(=O)CC(C)C)cc1. The van der Waals surface area contributed by atoms with Gasteiger partial charge in [0.25, 0.3) is 5.91 Å². The number of carbonyl (C=O) groups is 2. The maximum absolute atomic E-state index is 13.1. The first-order valence-corrected chi connectivity index (χ1v) is 11.8. The van der Waals surface area contributed by atoms with Gasteiger partial charge in [-0.3, -0.25) is 9.59 Å². The van der Waals surface area contributed by atoms with E-state index >= 15 is 0 Å². The molecule has 1 atom stereocenters. The molecule has 1 fully saturated rings. The van der Waals surface area contributed by atoms with Crippen LogP contribution in [-0.4, -0.2) is 36.4 Å². The highest BCUT2D eigenvalue weighted by atomic mass is 16.5. The normalized spacial score (nSPS) is 17.8. The third-order valence-electron chi connectivity index (χ3n) is 6.30. The van der Waals surface area contributed by atoms with E-state index in [0.717, 1.165) is 24.1 Å². The van der Waals surface area contributed by atoms with Crippen molar-refractivity contribution < 1.29 is 14.3 Å². The predicted molar refractivity (Wildman–Crippen MR) is 126 cm³/mol. The smallest absolute Gasteiger partial charge is 0.257 e. The number of benzene rings is 2. The van der Waals surface area contributed by atoms with Crippen LogP contribution in [0, 0.1) is 18.8 Å². The molecule has 0 aromatic heterocycles. The number of carbonyl (C=O) groups excluding carboxylic acids is 2. The minimum atomic E-state index is -0.141. The van der Waals surface area contributed by atoms with Crippen LogP contribution in [0.1, 0.15) is 61.4 Å². The lowest BCUT2D eigenvalue weighted by atomic mass is 9.87. The minimum Gasteiger partial charge on any atom is -0.484 e. The number of fused-ring (bicyclic) bond motifs is 1. The van der Waals surface area contributed by atoms with E-state index in [1.807, 2.05) is 17.0 Å². The summed E-state index contributed by atoms with van der Waals surface area (Å²) in [6, 6.07) is 14.3. The molecule has 0 bridgehead atoms. The van der Waals surface area contributed by atoms with Gasteiger partial charge in [0.15, 0.2) is 6.61 Å². The lowest BCUT2D eigenvalue weighted by molar-refractivity contribution is -0.134. The topological polar surface area (TPSA) is 58.6 Å². The molecule has 0 radical (unpaired) electrons. The van der Waals surface area contributed by atoms with Gasteiger partial charge in [-0.1, -0.05) is 49.7 Å². The Morgan fingerprint density at radius 1 is 1.12 bits per heavy atom. The average molecular weight is 435 g/mol. The van der Waals surface area contributed by atoms with Gasteiger partial charge in [0.2, 0.25) is 5.91 Å². The molecule has 1 aliphatic carbocycles. The second-order valence-electron chi connectivity index (χ2n) is 9.65. The molecular weight excluding hydrogens is 400 g/mol. The molecule has 1 aliphatic heterocycles. The number of nitrogens with zero attached hydrogens (tertiary/aromatic N) is 1. The van der Waals surface area contributed by atoms with Crippen LogP contribution in [-0.2, 0) is 16.0 Å². The molecule has 0 spiro atoms. The summed E-state index contributed by atoms with van der Waals surface area (Å²) in [7, 11) is 0. The summed E-state index contributed by atoms with van der Waals surface area (Å²) in [5.41, 5.74) is 4.62. The Bertz CT molecular complexity index is 963. The second kappa shape index (κ2) is 9.76. The number of aryl methyl sites for hydroxylation is 1. The van der Waals surface area contributed by atoms with Crippen molar-refractivity contribution in [1.29, 1.82) is 0 Å². The van der Waals surface area contributed by atoms with E-state index in [4.69, 9.17) is 4.74 Å². The van der Waals surface area contributed by atoms with Crippen molar-refractivity contribution in [3.63, 3.8) is 0 Å². The van der Waals surface area contributed by atoms with Crippen LogP contribution in [0.15, 0.2) is 42.5 Å². The maximum atomic E-state index is 13.1. The highest BCUT2D eigenvalue weighted by molar-refractivity contribution is 5.78. The molecule has 1 heterocycles. The van der Waals surface area contributed by atoms with Gasteiger partial charge >= 0.3 is 0 Å². The molecule has 2 aliphatic rings. The van der Waals surface area contributed by atoms with Crippen LogP contribution in [0.2, 0.25) is 0 Å². The second-order valence-corrected chi connectivity index (χ2v) is 9.65. The zero-order valence-corrected chi connectivity index (χ0v) is 19.4. The third kappa shape index (κ3) is 5.50. The Kier molecular flexibility index (Phi) is 6.83. The van der Waals surface area contributed by atoms with Crippen molar-refractivity contribution in [3.8, 4) is 5.75 Å². The minimum absolute atomic E-state index is 0.0106. The number of ether oxygens (including phenoxy) is 1. The quantitative estimate of drug-likeness (QED) is 0.669. The molecule has 32 heavy (non-hydrogen) atoms. The average Bonchev–Trinajstić information content (AvgIpc) is 3.60. The summed E-state index contributed by atoms with van der Waals surface area (Å²) in [5, 5.41) is 2.94. The highest BCUT2D eigenvalue weighted by Gasteiger charge is 2.32. The first-order chi connectivity index (χ1) is 15.4. The summed E-state index contributed by atoms with van der Waals surface area (Å²) >= 11 is 0. The molecule has 5 heteroatoms. The molecule has 1 saturated carbocycles. The van der Waals surface area contributed by atoms with E-state index in [1.165, 1.54) is 24.0 Å². The Balaban J connectivity index is 1.57. The Morgan fingerprint density at radius 3 is 2.56 bits per heavy atom. The van der Waals surface area contributed by atoms with Crippen LogP contribution >= 0.6 is 0 Å². The van der Waals surface area contributed by atoms with Crippen LogP contribution in [0.3, 0.4) is 0 Å². The summed E-state index contributed by atoms with van der Waals surface area (Å²) in [4.78, 5) is 27.3. The van der Waals surface area contributed by atoms with E-state index in [1.54, 1.807) is 0 Å². The Hall–Kier alpha value is -2.82. The lowest BCUT2D eigenvalue weighted by Gasteiger charge is -2.38. The summed E-state index contributed by atoms with van der Waals surface area (Å²) in [5.74, 6) is 1.72. The van der Waals surface area contributed by atoms with Crippen LogP contribution in [0.25, 0.3) is 0 Å². The first-order valence-electron chi connectivity index (χ1n) is 11.8. The molecule has 2 aromatic carbocycles. The van der Waals surface area contributed by atoms with Crippen molar-refractivity contribution >= 4 is 11.8 Å². The number of hydrogen-bond acceptors (Lipinski definition) is 3.